The number of hydrogen-bond acceptors (Lipinski definition) is 2. The molecule has 3 rings (SSSR count). The number of halogens is 1. The number of nitrogens with two attached hydrogens (primary N) is 1. The van der Waals surface area contributed by atoms with Gasteiger partial charge in [0.15, 0.2) is 0 Å². The van der Waals surface area contributed by atoms with Gasteiger partial charge in [-0.3, -0.25) is 0 Å². The van der Waals surface area contributed by atoms with Crippen molar-refractivity contribution in [2.45, 2.75) is 6.04 Å². The van der Waals surface area contributed by atoms with Crippen molar-refractivity contribution >= 4 is 22.4 Å². The van der Waals surface area contributed by atoms with Gasteiger partial charge in [-0.25, -0.2) is 0 Å². The van der Waals surface area contributed by atoms with Crippen molar-refractivity contribution in [1.82, 2.24) is 0 Å². The predicted octanol–water partition coefficient (Wildman–Crippen LogP) is 4.57. The first kappa shape index (κ1) is 13.9. The van der Waals surface area contributed by atoms with E-state index < -0.39 is 0 Å². The third-order valence-corrected chi connectivity index (χ3v) is 3.68. The van der Waals surface area contributed by atoms with E-state index in [1.807, 2.05) is 42.5 Å². The number of rotatable bonds is 4. The molecule has 0 heterocycles. The summed E-state index contributed by atoms with van der Waals surface area (Å²) in [5.41, 5.74) is 7.38. The summed E-state index contributed by atoms with van der Waals surface area (Å²) in [4.78, 5) is 0. The number of ether oxygens (including phenoxy) is 1. The molecular weight excluding hydrogens is 282 g/mol. The highest BCUT2D eigenvalue weighted by molar-refractivity contribution is 6.30. The standard InChI is InChI=1S/C18H16ClNO/c19-14-7-4-8-15(11-14)21-12-18(20)17-10-3-6-13-5-1-2-9-16(13)17/h1-11,18H,12,20H2. The molecule has 21 heavy (non-hydrogen) atoms. The van der Waals surface area contributed by atoms with Gasteiger partial charge in [-0.05, 0) is 34.5 Å². The first-order valence-electron chi connectivity index (χ1n) is 6.85. The Kier molecular flexibility index (Phi) is 4.09. The Bertz CT molecular complexity index is 752. The Morgan fingerprint density at radius 1 is 0.952 bits per heavy atom. The molecule has 2 nitrogen and oxygen atoms in total. The van der Waals surface area contributed by atoms with Crippen molar-refractivity contribution < 1.29 is 4.74 Å². The van der Waals surface area contributed by atoms with Crippen LogP contribution in [0.15, 0.2) is 66.7 Å². The van der Waals surface area contributed by atoms with E-state index in [1.165, 1.54) is 10.8 Å². The van der Waals surface area contributed by atoms with Crippen molar-refractivity contribution in [2.75, 3.05) is 6.61 Å². The largest absolute Gasteiger partial charge is 0.492 e. The second-order valence-corrected chi connectivity index (χ2v) is 5.38. The topological polar surface area (TPSA) is 35.2 Å². The summed E-state index contributed by atoms with van der Waals surface area (Å²) in [6.45, 7) is 0.411. The lowest BCUT2D eigenvalue weighted by Crippen LogP contribution is -2.19. The first-order chi connectivity index (χ1) is 10.2. The molecule has 0 aliphatic carbocycles. The minimum absolute atomic E-state index is 0.185. The summed E-state index contributed by atoms with van der Waals surface area (Å²) in [5, 5.41) is 3.02. The van der Waals surface area contributed by atoms with Gasteiger partial charge in [-0.2, -0.15) is 0 Å². The molecule has 3 aromatic carbocycles. The van der Waals surface area contributed by atoms with Crippen molar-refractivity contribution in [2.24, 2.45) is 5.73 Å². The van der Waals surface area contributed by atoms with Crippen molar-refractivity contribution in [3.63, 3.8) is 0 Å². The summed E-state index contributed by atoms with van der Waals surface area (Å²) in [6, 6.07) is 21.5. The normalized spacial score (nSPS) is 12.3. The van der Waals surface area contributed by atoms with E-state index in [2.05, 4.69) is 18.2 Å². The van der Waals surface area contributed by atoms with E-state index >= 15 is 0 Å². The second kappa shape index (κ2) is 6.17. The molecule has 3 aromatic rings. The third-order valence-electron chi connectivity index (χ3n) is 3.45. The lowest BCUT2D eigenvalue weighted by Gasteiger charge is -2.16. The maximum Gasteiger partial charge on any atom is 0.120 e. The van der Waals surface area contributed by atoms with Crippen LogP contribution in [0, 0.1) is 0 Å². The minimum Gasteiger partial charge on any atom is -0.492 e. The SMILES string of the molecule is NC(COc1cccc(Cl)c1)c1cccc2ccccc12. The van der Waals surface area contributed by atoms with Gasteiger partial charge >= 0.3 is 0 Å². The maximum atomic E-state index is 6.29. The summed E-state index contributed by atoms with van der Waals surface area (Å²) in [5.74, 6) is 0.734. The van der Waals surface area contributed by atoms with Crippen molar-refractivity contribution in [3.05, 3.63) is 77.3 Å². The zero-order valence-electron chi connectivity index (χ0n) is 11.5. The fourth-order valence-electron chi connectivity index (χ4n) is 2.41. The Morgan fingerprint density at radius 2 is 1.71 bits per heavy atom. The van der Waals surface area contributed by atoms with E-state index in [0.29, 0.717) is 11.6 Å². The highest BCUT2D eigenvalue weighted by Crippen LogP contribution is 2.24. The fourth-order valence-corrected chi connectivity index (χ4v) is 2.59. The van der Waals surface area contributed by atoms with Crippen LogP contribution in [0.4, 0.5) is 0 Å². The van der Waals surface area contributed by atoms with Crippen molar-refractivity contribution in [1.29, 1.82) is 0 Å². The number of hydrogen-bond donors (Lipinski definition) is 1. The van der Waals surface area contributed by atoms with Crippen molar-refractivity contribution in [3.8, 4) is 5.75 Å². The van der Waals surface area contributed by atoms with Crippen LogP contribution in [-0.4, -0.2) is 6.61 Å². The van der Waals surface area contributed by atoms with Gasteiger partial charge in [0.25, 0.3) is 0 Å². The molecule has 0 aliphatic rings. The first-order valence-corrected chi connectivity index (χ1v) is 7.23. The second-order valence-electron chi connectivity index (χ2n) is 4.94. The molecule has 106 valence electrons. The van der Waals surface area contributed by atoms with Gasteiger partial charge in [0.2, 0.25) is 0 Å². The molecule has 0 saturated heterocycles. The number of benzene rings is 3. The Balaban J connectivity index is 1.79. The van der Waals surface area contributed by atoms with E-state index in [0.717, 1.165) is 11.3 Å². The molecule has 2 N–H and O–H groups in total. The van der Waals surface area contributed by atoms with Crippen LogP contribution in [0.2, 0.25) is 5.02 Å². The van der Waals surface area contributed by atoms with E-state index in [-0.39, 0.29) is 6.04 Å². The van der Waals surface area contributed by atoms with Gasteiger partial charge in [0, 0.05) is 5.02 Å². The molecule has 0 spiro atoms. The quantitative estimate of drug-likeness (QED) is 0.765. The minimum atomic E-state index is -0.185. The lowest BCUT2D eigenvalue weighted by atomic mass is 10.00. The average Bonchev–Trinajstić information content (AvgIpc) is 2.52. The monoisotopic (exact) mass is 297 g/mol. The molecule has 0 saturated carbocycles. The van der Waals surface area contributed by atoms with Gasteiger partial charge in [0.05, 0.1) is 6.04 Å². The summed E-state index contributed by atoms with van der Waals surface area (Å²) in [7, 11) is 0. The molecule has 1 atom stereocenters. The highest BCUT2D eigenvalue weighted by Gasteiger charge is 2.10. The van der Waals surface area contributed by atoms with Crippen LogP contribution < -0.4 is 10.5 Å². The molecule has 0 fully saturated rings. The van der Waals surface area contributed by atoms with Gasteiger partial charge in [0.1, 0.15) is 12.4 Å². The average molecular weight is 298 g/mol. The van der Waals surface area contributed by atoms with Crippen LogP contribution in [0.25, 0.3) is 10.8 Å². The van der Waals surface area contributed by atoms with Crippen LogP contribution in [0.3, 0.4) is 0 Å². The fraction of sp³-hybridized carbons (Fsp3) is 0.111. The van der Waals surface area contributed by atoms with Crippen LogP contribution in [0.5, 0.6) is 5.75 Å². The smallest absolute Gasteiger partial charge is 0.120 e. The zero-order chi connectivity index (χ0) is 14.7. The van der Waals surface area contributed by atoms with E-state index in [1.54, 1.807) is 6.07 Å². The third kappa shape index (κ3) is 3.18. The molecule has 3 heteroatoms. The molecule has 0 amide bonds. The Hall–Kier alpha value is -2.03. The van der Waals surface area contributed by atoms with Crippen LogP contribution in [-0.2, 0) is 0 Å². The molecule has 0 aromatic heterocycles. The van der Waals surface area contributed by atoms with Gasteiger partial charge in [-0.15, -0.1) is 0 Å². The summed E-state index contributed by atoms with van der Waals surface area (Å²) in [6.07, 6.45) is 0. The Labute approximate surface area is 129 Å². The van der Waals surface area contributed by atoms with Gasteiger partial charge in [-0.1, -0.05) is 60.1 Å². The zero-order valence-corrected chi connectivity index (χ0v) is 12.3. The number of fused-ring (bicyclic) bond motifs is 1. The van der Waals surface area contributed by atoms with Crippen LogP contribution in [0.1, 0.15) is 11.6 Å². The molecule has 0 bridgehead atoms. The molecule has 1 unspecified atom stereocenters. The summed E-state index contributed by atoms with van der Waals surface area (Å²) < 4.78 is 5.74. The lowest BCUT2D eigenvalue weighted by molar-refractivity contribution is 0.291. The molecular formula is C18H16ClNO. The summed E-state index contributed by atoms with van der Waals surface area (Å²) >= 11 is 5.94. The molecule has 0 radical (unpaired) electrons. The molecule has 0 aliphatic heterocycles. The Morgan fingerprint density at radius 3 is 2.57 bits per heavy atom. The van der Waals surface area contributed by atoms with Crippen LogP contribution >= 0.6 is 11.6 Å². The van der Waals surface area contributed by atoms with E-state index in [9.17, 15) is 0 Å². The highest BCUT2D eigenvalue weighted by atomic mass is 35.5. The maximum absolute atomic E-state index is 6.29. The van der Waals surface area contributed by atoms with Gasteiger partial charge < -0.3 is 10.5 Å². The predicted molar refractivity (Wildman–Crippen MR) is 87.8 cm³/mol. The van der Waals surface area contributed by atoms with E-state index in [4.69, 9.17) is 22.1 Å².